The Labute approximate surface area is 130 Å². The maximum atomic E-state index is 11.6. The van der Waals surface area contributed by atoms with Crippen LogP contribution in [0.25, 0.3) is 0 Å². The van der Waals surface area contributed by atoms with Crippen molar-refractivity contribution in [2.75, 3.05) is 33.3 Å². The van der Waals surface area contributed by atoms with Gasteiger partial charge in [0.15, 0.2) is 5.78 Å². The zero-order chi connectivity index (χ0) is 15.9. The predicted molar refractivity (Wildman–Crippen MR) is 81.6 cm³/mol. The number of ketones is 1. The molecule has 0 bridgehead atoms. The third-order valence-corrected chi connectivity index (χ3v) is 4.75. The number of nitrogens with zero attached hydrogens (tertiary/aromatic N) is 3. The van der Waals surface area contributed by atoms with Crippen LogP contribution in [0, 0.1) is 0 Å². The molecule has 0 aliphatic carbocycles. The molecule has 2 fully saturated rings. The lowest BCUT2D eigenvalue weighted by Crippen LogP contribution is -2.54. The Morgan fingerprint density at radius 2 is 2.14 bits per heavy atom. The Morgan fingerprint density at radius 3 is 2.77 bits per heavy atom. The number of amides is 1. The number of likely N-dealkylation sites (tertiary alicyclic amines) is 1. The van der Waals surface area contributed by atoms with E-state index in [-0.39, 0.29) is 23.9 Å². The predicted octanol–water partition coefficient (Wildman–Crippen LogP) is 0.661. The van der Waals surface area contributed by atoms with Gasteiger partial charge in [0.05, 0.1) is 6.54 Å². The van der Waals surface area contributed by atoms with Gasteiger partial charge in [-0.05, 0) is 19.4 Å². The molecule has 6 nitrogen and oxygen atoms in total. The van der Waals surface area contributed by atoms with E-state index in [0.717, 1.165) is 37.3 Å². The fourth-order valence-electron chi connectivity index (χ4n) is 3.39. The van der Waals surface area contributed by atoms with Crippen LogP contribution in [-0.4, -0.2) is 64.9 Å². The molecule has 0 saturated carbocycles. The van der Waals surface area contributed by atoms with Crippen LogP contribution in [0.3, 0.4) is 0 Å². The maximum Gasteiger partial charge on any atom is 0.248 e. The summed E-state index contributed by atoms with van der Waals surface area (Å²) in [6.07, 6.45) is 2.82. The van der Waals surface area contributed by atoms with Crippen LogP contribution in [-0.2, 0) is 23.1 Å². The number of aromatic nitrogens is 1. The molecule has 1 amide bonds. The Morgan fingerprint density at radius 1 is 1.36 bits per heavy atom. The van der Waals surface area contributed by atoms with E-state index >= 15 is 0 Å². The SMILES string of the molecule is CC(=O)c1cc(CN2CC[C@@]3(C2)CN(C)C(=O)CO3)n(C)c1. The monoisotopic (exact) mass is 305 g/mol. The normalized spacial score (nSPS) is 26.1. The van der Waals surface area contributed by atoms with Gasteiger partial charge in [0.25, 0.3) is 0 Å². The second-order valence-corrected chi connectivity index (χ2v) is 6.57. The van der Waals surface area contributed by atoms with Crippen LogP contribution in [0.1, 0.15) is 29.4 Å². The van der Waals surface area contributed by atoms with Crippen molar-refractivity contribution >= 4 is 11.7 Å². The van der Waals surface area contributed by atoms with Crippen LogP contribution in [0.15, 0.2) is 12.3 Å². The van der Waals surface area contributed by atoms with Crippen molar-refractivity contribution in [3.8, 4) is 0 Å². The fraction of sp³-hybridized carbons (Fsp3) is 0.625. The molecule has 22 heavy (non-hydrogen) atoms. The zero-order valence-electron chi connectivity index (χ0n) is 13.5. The molecule has 2 aliphatic heterocycles. The highest BCUT2D eigenvalue weighted by Gasteiger charge is 2.44. The number of Topliss-reactive ketones (excluding diaryl/α,β-unsaturated/α-hetero) is 1. The Hall–Kier alpha value is -1.66. The molecule has 120 valence electrons. The molecule has 3 heterocycles. The van der Waals surface area contributed by atoms with Crippen LogP contribution in [0.2, 0.25) is 0 Å². The standard InChI is InChI=1S/C16H23N3O3/c1-12(20)13-6-14(17(2)7-13)8-19-5-4-16(11-19)10-18(3)15(21)9-22-16/h6-7H,4-5,8-11H2,1-3H3/t16-/m0/s1. The van der Waals surface area contributed by atoms with Crippen molar-refractivity contribution in [1.29, 1.82) is 0 Å². The summed E-state index contributed by atoms with van der Waals surface area (Å²) in [6.45, 7) is 5.00. The number of hydrogen-bond donors (Lipinski definition) is 0. The fourth-order valence-corrected chi connectivity index (χ4v) is 3.39. The number of morpholine rings is 1. The largest absolute Gasteiger partial charge is 0.362 e. The summed E-state index contributed by atoms with van der Waals surface area (Å²) in [5.74, 6) is 0.146. The van der Waals surface area contributed by atoms with E-state index < -0.39 is 0 Å². The smallest absolute Gasteiger partial charge is 0.248 e. The zero-order valence-corrected chi connectivity index (χ0v) is 13.5. The van der Waals surface area contributed by atoms with E-state index in [2.05, 4.69) is 4.90 Å². The first-order chi connectivity index (χ1) is 10.4. The van der Waals surface area contributed by atoms with Gasteiger partial charge in [-0.15, -0.1) is 0 Å². The quantitative estimate of drug-likeness (QED) is 0.770. The Balaban J connectivity index is 1.66. The van der Waals surface area contributed by atoms with E-state index in [4.69, 9.17) is 4.74 Å². The van der Waals surface area contributed by atoms with Gasteiger partial charge in [-0.3, -0.25) is 14.5 Å². The first kappa shape index (κ1) is 15.2. The lowest BCUT2D eigenvalue weighted by atomic mass is 10.0. The number of carbonyl (C=O) groups excluding carboxylic acids is 2. The second-order valence-electron chi connectivity index (χ2n) is 6.57. The third-order valence-electron chi connectivity index (χ3n) is 4.75. The van der Waals surface area contributed by atoms with Gasteiger partial charge in [0.2, 0.25) is 5.91 Å². The molecule has 0 aromatic carbocycles. The lowest BCUT2D eigenvalue weighted by molar-refractivity contribution is -0.159. The van der Waals surface area contributed by atoms with E-state index in [1.807, 2.05) is 30.9 Å². The van der Waals surface area contributed by atoms with Crippen molar-refractivity contribution in [3.05, 3.63) is 23.5 Å². The van der Waals surface area contributed by atoms with Crippen LogP contribution >= 0.6 is 0 Å². The number of rotatable bonds is 3. The molecule has 1 aromatic heterocycles. The van der Waals surface area contributed by atoms with E-state index in [0.29, 0.717) is 6.54 Å². The highest BCUT2D eigenvalue weighted by molar-refractivity contribution is 5.94. The molecule has 3 rings (SSSR count). The van der Waals surface area contributed by atoms with Crippen LogP contribution < -0.4 is 0 Å². The third kappa shape index (κ3) is 2.80. The molecule has 1 spiro atoms. The molecule has 1 aromatic rings. The van der Waals surface area contributed by atoms with E-state index in [1.165, 1.54) is 0 Å². The Kier molecular flexibility index (Phi) is 3.82. The summed E-state index contributed by atoms with van der Waals surface area (Å²) in [7, 11) is 3.81. The van der Waals surface area contributed by atoms with Crippen LogP contribution in [0.5, 0.6) is 0 Å². The summed E-state index contributed by atoms with van der Waals surface area (Å²) in [5, 5.41) is 0. The van der Waals surface area contributed by atoms with Gasteiger partial charge >= 0.3 is 0 Å². The van der Waals surface area contributed by atoms with Gasteiger partial charge in [0.1, 0.15) is 12.2 Å². The first-order valence-corrected chi connectivity index (χ1v) is 7.65. The first-order valence-electron chi connectivity index (χ1n) is 7.65. The summed E-state index contributed by atoms with van der Waals surface area (Å²) >= 11 is 0. The number of aryl methyl sites for hydroxylation is 1. The minimum absolute atomic E-state index is 0.0533. The topological polar surface area (TPSA) is 54.8 Å². The minimum atomic E-state index is -0.225. The average Bonchev–Trinajstić information content (AvgIpc) is 3.01. The highest BCUT2D eigenvalue weighted by Crippen LogP contribution is 2.30. The van der Waals surface area contributed by atoms with E-state index in [1.54, 1.807) is 11.8 Å². The summed E-state index contributed by atoms with van der Waals surface area (Å²) < 4.78 is 7.87. The average molecular weight is 305 g/mol. The number of carbonyl (C=O) groups is 2. The molecule has 1 atom stereocenters. The van der Waals surface area contributed by atoms with Gasteiger partial charge in [-0.25, -0.2) is 0 Å². The molecule has 2 aliphatic rings. The van der Waals surface area contributed by atoms with Crippen molar-refractivity contribution < 1.29 is 14.3 Å². The minimum Gasteiger partial charge on any atom is -0.362 e. The second kappa shape index (κ2) is 5.52. The Bertz CT molecular complexity index is 610. The maximum absolute atomic E-state index is 11.6. The molecule has 0 unspecified atom stereocenters. The van der Waals surface area contributed by atoms with Crippen molar-refractivity contribution in [2.45, 2.75) is 25.5 Å². The lowest BCUT2D eigenvalue weighted by Gasteiger charge is -2.38. The molecular formula is C16H23N3O3. The molecule has 2 saturated heterocycles. The van der Waals surface area contributed by atoms with Crippen molar-refractivity contribution in [1.82, 2.24) is 14.4 Å². The summed E-state index contributed by atoms with van der Waals surface area (Å²) in [5.41, 5.74) is 1.66. The highest BCUT2D eigenvalue weighted by atomic mass is 16.5. The van der Waals surface area contributed by atoms with Gasteiger partial charge in [0, 0.05) is 51.2 Å². The summed E-state index contributed by atoms with van der Waals surface area (Å²) in [6, 6.07) is 1.96. The molecule has 6 heteroatoms. The molecule has 0 N–H and O–H groups in total. The number of hydrogen-bond acceptors (Lipinski definition) is 4. The molecule has 0 radical (unpaired) electrons. The van der Waals surface area contributed by atoms with Crippen LogP contribution in [0.4, 0.5) is 0 Å². The van der Waals surface area contributed by atoms with Gasteiger partial charge < -0.3 is 14.2 Å². The number of likely N-dealkylation sites (N-methyl/N-ethyl adjacent to an activating group) is 1. The molecular weight excluding hydrogens is 282 g/mol. The van der Waals surface area contributed by atoms with Crippen molar-refractivity contribution in [2.24, 2.45) is 7.05 Å². The van der Waals surface area contributed by atoms with E-state index in [9.17, 15) is 9.59 Å². The number of ether oxygens (including phenoxy) is 1. The van der Waals surface area contributed by atoms with Gasteiger partial charge in [-0.1, -0.05) is 0 Å². The summed E-state index contributed by atoms with van der Waals surface area (Å²) in [4.78, 5) is 27.1. The van der Waals surface area contributed by atoms with Gasteiger partial charge in [-0.2, -0.15) is 0 Å². The van der Waals surface area contributed by atoms with Crippen molar-refractivity contribution in [3.63, 3.8) is 0 Å².